The molecule has 0 saturated carbocycles. The molecule has 168 valence electrons. The van der Waals surface area contributed by atoms with Crippen molar-refractivity contribution >= 4 is 23.2 Å². The number of likely N-dealkylation sites (N-methyl/N-ethyl adjacent to an activating group) is 2. The first-order chi connectivity index (χ1) is 14.8. The Balaban J connectivity index is 1.87. The summed E-state index contributed by atoms with van der Waals surface area (Å²) >= 11 is 0. The smallest absolute Gasteiger partial charge is 0.228 e. The molecular formula is C25H35N3O3. The maximum absolute atomic E-state index is 12.4. The second-order valence-corrected chi connectivity index (χ2v) is 8.14. The number of amides is 2. The highest BCUT2D eigenvalue weighted by Gasteiger charge is 2.09. The van der Waals surface area contributed by atoms with E-state index in [2.05, 4.69) is 31.0 Å². The highest BCUT2D eigenvalue weighted by molar-refractivity contribution is 5.92. The number of ether oxygens (including phenoxy) is 1. The molecule has 0 bridgehead atoms. The average molecular weight is 426 g/mol. The Kier molecular flexibility index (Phi) is 9.38. The van der Waals surface area contributed by atoms with Crippen LogP contribution in [0.15, 0.2) is 48.5 Å². The van der Waals surface area contributed by atoms with Crippen LogP contribution in [0.1, 0.15) is 33.3 Å². The monoisotopic (exact) mass is 425 g/mol. The van der Waals surface area contributed by atoms with Gasteiger partial charge in [-0.2, -0.15) is 0 Å². The molecule has 2 aromatic rings. The van der Waals surface area contributed by atoms with Gasteiger partial charge < -0.3 is 19.9 Å². The summed E-state index contributed by atoms with van der Waals surface area (Å²) < 4.78 is 5.68. The minimum absolute atomic E-state index is 0.0565. The number of carbonyl (C=O) groups excluding carboxylic acids is 2. The fraction of sp³-hybridized carbons (Fsp3) is 0.440. The van der Waals surface area contributed by atoms with E-state index in [4.69, 9.17) is 4.74 Å². The summed E-state index contributed by atoms with van der Waals surface area (Å²) in [5.74, 6) is 1.30. The van der Waals surface area contributed by atoms with Crippen LogP contribution in [0.2, 0.25) is 0 Å². The van der Waals surface area contributed by atoms with Gasteiger partial charge >= 0.3 is 0 Å². The molecule has 2 amide bonds. The van der Waals surface area contributed by atoms with E-state index < -0.39 is 0 Å². The van der Waals surface area contributed by atoms with Crippen LogP contribution in [0.25, 0.3) is 0 Å². The summed E-state index contributed by atoms with van der Waals surface area (Å²) in [7, 11) is 1.81. The molecular weight excluding hydrogens is 390 g/mol. The second kappa shape index (κ2) is 12.0. The molecule has 0 spiro atoms. The summed E-state index contributed by atoms with van der Waals surface area (Å²) in [5.41, 5.74) is 2.77. The standard InChI is InChI=1S/C25H35N3O3/c1-6-28(16-15-27(5)20(4)29)23-11-9-22(10-12-23)26-25(30)17-21-7-13-24(14-8-21)31-18-19(2)3/h7-14,19H,6,15-18H2,1-5H3,(H,26,30). The maximum Gasteiger partial charge on any atom is 0.228 e. The van der Waals surface area contributed by atoms with E-state index in [1.165, 1.54) is 0 Å². The van der Waals surface area contributed by atoms with Gasteiger partial charge in [0.25, 0.3) is 0 Å². The van der Waals surface area contributed by atoms with Crippen molar-refractivity contribution in [2.75, 3.05) is 43.5 Å². The number of hydrogen-bond donors (Lipinski definition) is 1. The minimum atomic E-state index is -0.0565. The fourth-order valence-electron chi connectivity index (χ4n) is 3.01. The summed E-state index contributed by atoms with van der Waals surface area (Å²) in [5, 5.41) is 2.95. The van der Waals surface area contributed by atoms with Crippen LogP contribution in [0.3, 0.4) is 0 Å². The van der Waals surface area contributed by atoms with Gasteiger partial charge in [0.1, 0.15) is 5.75 Å². The lowest BCUT2D eigenvalue weighted by atomic mass is 10.1. The van der Waals surface area contributed by atoms with Crippen LogP contribution in [0.4, 0.5) is 11.4 Å². The quantitative estimate of drug-likeness (QED) is 0.586. The fourth-order valence-corrected chi connectivity index (χ4v) is 3.01. The lowest BCUT2D eigenvalue weighted by Crippen LogP contribution is -2.35. The van der Waals surface area contributed by atoms with Crippen LogP contribution >= 0.6 is 0 Å². The van der Waals surface area contributed by atoms with Crippen molar-refractivity contribution in [2.24, 2.45) is 5.92 Å². The van der Waals surface area contributed by atoms with E-state index >= 15 is 0 Å². The average Bonchev–Trinajstić information content (AvgIpc) is 2.74. The van der Waals surface area contributed by atoms with Crippen molar-refractivity contribution in [1.29, 1.82) is 0 Å². The third kappa shape index (κ3) is 8.32. The summed E-state index contributed by atoms with van der Waals surface area (Å²) in [4.78, 5) is 27.7. The van der Waals surface area contributed by atoms with Gasteiger partial charge in [0.05, 0.1) is 13.0 Å². The molecule has 0 aliphatic rings. The van der Waals surface area contributed by atoms with E-state index in [0.717, 1.165) is 35.8 Å². The Morgan fingerprint density at radius 1 is 1.00 bits per heavy atom. The zero-order valence-corrected chi connectivity index (χ0v) is 19.4. The first-order valence-electron chi connectivity index (χ1n) is 10.9. The van der Waals surface area contributed by atoms with Crippen LogP contribution in [-0.4, -0.2) is 50.0 Å². The van der Waals surface area contributed by atoms with Crippen molar-refractivity contribution in [3.05, 3.63) is 54.1 Å². The Labute approximate surface area is 186 Å². The predicted molar refractivity (Wildman–Crippen MR) is 127 cm³/mol. The van der Waals surface area contributed by atoms with Crippen molar-refractivity contribution < 1.29 is 14.3 Å². The lowest BCUT2D eigenvalue weighted by Gasteiger charge is -2.26. The Morgan fingerprint density at radius 2 is 1.65 bits per heavy atom. The van der Waals surface area contributed by atoms with Gasteiger partial charge in [0.15, 0.2) is 0 Å². The maximum atomic E-state index is 12.4. The minimum Gasteiger partial charge on any atom is -0.493 e. The van der Waals surface area contributed by atoms with Gasteiger partial charge in [0, 0.05) is 45.0 Å². The molecule has 0 saturated heterocycles. The van der Waals surface area contributed by atoms with E-state index in [9.17, 15) is 9.59 Å². The zero-order valence-electron chi connectivity index (χ0n) is 19.4. The molecule has 1 N–H and O–H groups in total. The number of benzene rings is 2. The molecule has 0 heterocycles. The molecule has 0 aliphatic carbocycles. The number of nitrogens with one attached hydrogen (secondary N) is 1. The van der Waals surface area contributed by atoms with E-state index in [1.807, 2.05) is 48.5 Å². The molecule has 0 aromatic heterocycles. The van der Waals surface area contributed by atoms with E-state index in [-0.39, 0.29) is 11.8 Å². The molecule has 6 heteroatoms. The number of carbonyl (C=O) groups is 2. The zero-order chi connectivity index (χ0) is 22.8. The summed E-state index contributed by atoms with van der Waals surface area (Å²) in [6, 6.07) is 15.5. The van der Waals surface area contributed by atoms with Gasteiger partial charge in [-0.3, -0.25) is 9.59 Å². The largest absolute Gasteiger partial charge is 0.493 e. The van der Waals surface area contributed by atoms with Crippen LogP contribution < -0.4 is 15.0 Å². The molecule has 0 atom stereocenters. The highest BCUT2D eigenvalue weighted by Crippen LogP contribution is 2.19. The molecule has 0 radical (unpaired) electrons. The Hall–Kier alpha value is -3.02. The molecule has 0 aliphatic heterocycles. The summed E-state index contributed by atoms with van der Waals surface area (Å²) in [6.45, 7) is 10.8. The molecule has 2 aromatic carbocycles. The number of nitrogens with zero attached hydrogens (tertiary/aromatic N) is 2. The number of hydrogen-bond acceptors (Lipinski definition) is 4. The van der Waals surface area contributed by atoms with Crippen molar-refractivity contribution in [3.8, 4) is 5.75 Å². The third-order valence-corrected chi connectivity index (χ3v) is 5.01. The van der Waals surface area contributed by atoms with Gasteiger partial charge in [-0.25, -0.2) is 0 Å². The first kappa shape index (κ1) is 24.3. The lowest BCUT2D eigenvalue weighted by molar-refractivity contribution is -0.127. The SMILES string of the molecule is CCN(CCN(C)C(C)=O)c1ccc(NC(=O)Cc2ccc(OCC(C)C)cc2)cc1. The van der Waals surface area contributed by atoms with Crippen molar-refractivity contribution in [1.82, 2.24) is 4.90 Å². The van der Waals surface area contributed by atoms with Gasteiger partial charge in [-0.1, -0.05) is 26.0 Å². The van der Waals surface area contributed by atoms with Gasteiger partial charge in [0.2, 0.25) is 11.8 Å². The molecule has 31 heavy (non-hydrogen) atoms. The van der Waals surface area contributed by atoms with Crippen molar-refractivity contribution in [3.63, 3.8) is 0 Å². The first-order valence-corrected chi connectivity index (χ1v) is 10.9. The van der Waals surface area contributed by atoms with Crippen LogP contribution in [-0.2, 0) is 16.0 Å². The third-order valence-electron chi connectivity index (χ3n) is 5.01. The van der Waals surface area contributed by atoms with E-state index in [1.54, 1.807) is 18.9 Å². The molecule has 6 nitrogen and oxygen atoms in total. The normalized spacial score (nSPS) is 10.6. The number of anilines is 2. The van der Waals surface area contributed by atoms with Crippen LogP contribution in [0.5, 0.6) is 5.75 Å². The molecule has 0 fully saturated rings. The summed E-state index contributed by atoms with van der Waals surface area (Å²) in [6.07, 6.45) is 0.310. The second-order valence-electron chi connectivity index (χ2n) is 8.14. The van der Waals surface area contributed by atoms with E-state index in [0.29, 0.717) is 25.5 Å². The molecule has 2 rings (SSSR count). The van der Waals surface area contributed by atoms with Gasteiger partial charge in [-0.15, -0.1) is 0 Å². The van der Waals surface area contributed by atoms with Gasteiger partial charge in [-0.05, 0) is 54.8 Å². The Morgan fingerprint density at radius 3 is 2.19 bits per heavy atom. The Bertz CT molecular complexity index is 832. The predicted octanol–water partition coefficient (Wildman–Crippen LogP) is 4.21. The van der Waals surface area contributed by atoms with Crippen molar-refractivity contribution in [2.45, 2.75) is 34.1 Å². The highest BCUT2D eigenvalue weighted by atomic mass is 16.5. The molecule has 0 unspecified atom stereocenters. The number of rotatable bonds is 11. The topological polar surface area (TPSA) is 61.9 Å². The van der Waals surface area contributed by atoms with Crippen LogP contribution in [0, 0.1) is 5.92 Å².